The molecule has 0 aromatic carbocycles. The Morgan fingerprint density at radius 2 is 2.29 bits per heavy atom. The second-order valence-corrected chi connectivity index (χ2v) is 3.85. The first-order chi connectivity index (χ1) is 6.75. The molecule has 1 aliphatic rings. The van der Waals surface area contributed by atoms with Crippen molar-refractivity contribution in [1.29, 1.82) is 0 Å². The topological polar surface area (TPSA) is 34.2 Å². The molecule has 3 unspecified atom stereocenters. The molecule has 0 aliphatic carbocycles. The number of nitrogens with zero attached hydrogens (tertiary/aromatic N) is 1. The summed E-state index contributed by atoms with van der Waals surface area (Å²) in [5.41, 5.74) is 0. The van der Waals surface area contributed by atoms with Gasteiger partial charge in [0, 0.05) is 6.20 Å². The third-order valence-corrected chi connectivity index (χ3v) is 2.60. The average molecular weight is 192 g/mol. The Bertz CT molecular complexity index is 289. The first-order valence-electron chi connectivity index (χ1n) is 5.09. The minimum atomic E-state index is 0.270. The largest absolute Gasteiger partial charge is 0.373 e. The number of hydrogen-bond acceptors (Lipinski definition) is 3. The zero-order valence-corrected chi connectivity index (χ0v) is 8.60. The molecule has 0 saturated carbocycles. The Hall–Kier alpha value is -1.09. The minimum Gasteiger partial charge on any atom is -0.373 e. The second kappa shape index (κ2) is 3.96. The Morgan fingerprint density at radius 3 is 2.86 bits per heavy atom. The third-order valence-electron chi connectivity index (χ3n) is 2.60. The number of rotatable bonds is 2. The van der Waals surface area contributed by atoms with Gasteiger partial charge < -0.3 is 10.1 Å². The van der Waals surface area contributed by atoms with E-state index < -0.39 is 0 Å². The molecule has 0 bridgehead atoms. The average Bonchev–Trinajstić information content (AvgIpc) is 2.47. The molecule has 1 saturated heterocycles. The van der Waals surface area contributed by atoms with Gasteiger partial charge in [-0.15, -0.1) is 0 Å². The summed E-state index contributed by atoms with van der Waals surface area (Å²) in [5, 5.41) is 3.38. The van der Waals surface area contributed by atoms with Crippen LogP contribution in [-0.4, -0.2) is 23.2 Å². The molecule has 0 amide bonds. The summed E-state index contributed by atoms with van der Waals surface area (Å²) < 4.78 is 5.66. The van der Waals surface area contributed by atoms with Gasteiger partial charge in [-0.05, 0) is 32.4 Å². The van der Waals surface area contributed by atoms with E-state index in [0.29, 0.717) is 12.1 Å². The SMILES string of the molecule is CC1CC(Nc2ccccn2)C(C)O1. The van der Waals surface area contributed by atoms with Gasteiger partial charge in [0.1, 0.15) is 5.82 Å². The Labute approximate surface area is 84.5 Å². The smallest absolute Gasteiger partial charge is 0.126 e. The van der Waals surface area contributed by atoms with Gasteiger partial charge in [0.2, 0.25) is 0 Å². The Morgan fingerprint density at radius 1 is 1.43 bits per heavy atom. The van der Waals surface area contributed by atoms with Crippen molar-refractivity contribution < 1.29 is 4.74 Å². The number of hydrogen-bond donors (Lipinski definition) is 1. The van der Waals surface area contributed by atoms with Crippen molar-refractivity contribution in [3.8, 4) is 0 Å². The number of aromatic nitrogens is 1. The summed E-state index contributed by atoms with van der Waals surface area (Å²) in [7, 11) is 0. The molecule has 0 spiro atoms. The molecule has 1 aromatic heterocycles. The fourth-order valence-corrected chi connectivity index (χ4v) is 1.88. The predicted octanol–water partition coefficient (Wildman–Crippen LogP) is 2.06. The van der Waals surface area contributed by atoms with Gasteiger partial charge in [-0.2, -0.15) is 0 Å². The van der Waals surface area contributed by atoms with Gasteiger partial charge >= 0.3 is 0 Å². The summed E-state index contributed by atoms with van der Waals surface area (Å²) in [4.78, 5) is 4.24. The lowest BCUT2D eigenvalue weighted by Crippen LogP contribution is -2.26. The molecule has 76 valence electrons. The highest BCUT2D eigenvalue weighted by Gasteiger charge is 2.29. The van der Waals surface area contributed by atoms with Crippen LogP contribution in [0.1, 0.15) is 20.3 Å². The fourth-order valence-electron chi connectivity index (χ4n) is 1.88. The van der Waals surface area contributed by atoms with Crippen molar-refractivity contribution in [3.63, 3.8) is 0 Å². The van der Waals surface area contributed by atoms with Crippen molar-refractivity contribution in [3.05, 3.63) is 24.4 Å². The molecule has 1 fully saturated rings. The van der Waals surface area contributed by atoms with Crippen LogP contribution in [0.3, 0.4) is 0 Å². The first kappa shape index (κ1) is 9.46. The molecular formula is C11H16N2O. The monoisotopic (exact) mass is 192 g/mol. The van der Waals surface area contributed by atoms with Gasteiger partial charge in [0.15, 0.2) is 0 Å². The van der Waals surface area contributed by atoms with Crippen LogP contribution in [0.2, 0.25) is 0 Å². The van der Waals surface area contributed by atoms with Crippen LogP contribution >= 0.6 is 0 Å². The maximum atomic E-state index is 5.66. The predicted molar refractivity (Wildman–Crippen MR) is 56.3 cm³/mol. The minimum absolute atomic E-state index is 0.270. The molecule has 0 radical (unpaired) electrons. The molecule has 3 nitrogen and oxygen atoms in total. The standard InChI is InChI=1S/C11H16N2O/c1-8-7-10(9(2)14-8)13-11-5-3-4-6-12-11/h3-6,8-10H,7H2,1-2H3,(H,12,13). The molecular weight excluding hydrogens is 176 g/mol. The van der Waals surface area contributed by atoms with E-state index in [9.17, 15) is 0 Å². The highest BCUT2D eigenvalue weighted by Crippen LogP contribution is 2.22. The number of nitrogens with one attached hydrogen (secondary N) is 1. The zero-order chi connectivity index (χ0) is 9.97. The molecule has 1 aromatic rings. The quantitative estimate of drug-likeness (QED) is 0.778. The van der Waals surface area contributed by atoms with Crippen molar-refractivity contribution in [2.75, 3.05) is 5.32 Å². The van der Waals surface area contributed by atoms with Crippen LogP contribution in [0.15, 0.2) is 24.4 Å². The molecule has 1 N–H and O–H groups in total. The van der Waals surface area contributed by atoms with E-state index in [1.165, 1.54) is 0 Å². The molecule has 3 atom stereocenters. The fraction of sp³-hybridized carbons (Fsp3) is 0.545. The van der Waals surface area contributed by atoms with Crippen LogP contribution < -0.4 is 5.32 Å². The van der Waals surface area contributed by atoms with E-state index in [2.05, 4.69) is 24.1 Å². The van der Waals surface area contributed by atoms with Gasteiger partial charge in [-0.3, -0.25) is 0 Å². The molecule has 2 heterocycles. The van der Waals surface area contributed by atoms with Crippen molar-refractivity contribution >= 4 is 5.82 Å². The van der Waals surface area contributed by atoms with Crippen LogP contribution in [0.25, 0.3) is 0 Å². The summed E-state index contributed by atoms with van der Waals surface area (Å²) >= 11 is 0. The van der Waals surface area contributed by atoms with Gasteiger partial charge in [-0.25, -0.2) is 4.98 Å². The zero-order valence-electron chi connectivity index (χ0n) is 8.60. The number of pyridine rings is 1. The van der Waals surface area contributed by atoms with Crippen LogP contribution in [0.4, 0.5) is 5.82 Å². The molecule has 3 heteroatoms. The van der Waals surface area contributed by atoms with Crippen molar-refractivity contribution in [1.82, 2.24) is 4.98 Å². The van der Waals surface area contributed by atoms with E-state index in [0.717, 1.165) is 12.2 Å². The van der Waals surface area contributed by atoms with Crippen LogP contribution in [-0.2, 0) is 4.74 Å². The lowest BCUT2D eigenvalue weighted by atomic mass is 10.1. The lowest BCUT2D eigenvalue weighted by molar-refractivity contribution is 0.0650. The number of anilines is 1. The molecule has 2 rings (SSSR count). The summed E-state index contributed by atoms with van der Waals surface area (Å²) in [6.07, 6.45) is 3.47. The molecule has 1 aliphatic heterocycles. The van der Waals surface area contributed by atoms with Crippen molar-refractivity contribution in [2.24, 2.45) is 0 Å². The molecule has 14 heavy (non-hydrogen) atoms. The number of ether oxygens (including phenoxy) is 1. The van der Waals surface area contributed by atoms with Crippen LogP contribution in [0, 0.1) is 0 Å². The first-order valence-corrected chi connectivity index (χ1v) is 5.09. The van der Waals surface area contributed by atoms with Gasteiger partial charge in [0.05, 0.1) is 18.2 Å². The van der Waals surface area contributed by atoms with Crippen LogP contribution in [0.5, 0.6) is 0 Å². The second-order valence-electron chi connectivity index (χ2n) is 3.85. The van der Waals surface area contributed by atoms with E-state index in [-0.39, 0.29) is 6.10 Å². The van der Waals surface area contributed by atoms with Gasteiger partial charge in [-0.1, -0.05) is 6.07 Å². The van der Waals surface area contributed by atoms with Crippen molar-refractivity contribution in [2.45, 2.75) is 38.5 Å². The Balaban J connectivity index is 1.98. The van der Waals surface area contributed by atoms with E-state index in [1.807, 2.05) is 18.2 Å². The maximum absolute atomic E-state index is 5.66. The third kappa shape index (κ3) is 2.04. The van der Waals surface area contributed by atoms with Gasteiger partial charge in [0.25, 0.3) is 0 Å². The lowest BCUT2D eigenvalue weighted by Gasteiger charge is -2.15. The van der Waals surface area contributed by atoms with E-state index >= 15 is 0 Å². The Kier molecular flexibility index (Phi) is 2.68. The highest BCUT2D eigenvalue weighted by molar-refractivity contribution is 5.35. The van der Waals surface area contributed by atoms with E-state index in [4.69, 9.17) is 4.74 Å². The maximum Gasteiger partial charge on any atom is 0.126 e. The van der Waals surface area contributed by atoms with E-state index in [1.54, 1.807) is 6.20 Å². The summed E-state index contributed by atoms with van der Waals surface area (Å²) in [6, 6.07) is 6.28. The summed E-state index contributed by atoms with van der Waals surface area (Å²) in [6.45, 7) is 4.21. The summed E-state index contributed by atoms with van der Waals surface area (Å²) in [5.74, 6) is 0.932. The normalized spacial score (nSPS) is 31.7. The highest BCUT2D eigenvalue weighted by atomic mass is 16.5.